The molecule has 1 saturated heterocycles. The lowest BCUT2D eigenvalue weighted by molar-refractivity contribution is -0.115. The van der Waals surface area contributed by atoms with Gasteiger partial charge in [-0.15, -0.1) is 0 Å². The van der Waals surface area contributed by atoms with Gasteiger partial charge in [-0.3, -0.25) is 4.79 Å². The summed E-state index contributed by atoms with van der Waals surface area (Å²) in [6.45, 7) is 0. The summed E-state index contributed by atoms with van der Waals surface area (Å²) in [4.78, 5) is 28.6. The fraction of sp³-hybridized carbons (Fsp3) is 0.0455. The summed E-state index contributed by atoms with van der Waals surface area (Å²) in [7, 11) is 1.60. The van der Waals surface area contributed by atoms with E-state index >= 15 is 0 Å². The van der Waals surface area contributed by atoms with Gasteiger partial charge in [-0.05, 0) is 72.4 Å². The number of hydrogen-bond donors (Lipinski definition) is 2. The van der Waals surface area contributed by atoms with Gasteiger partial charge >= 0.3 is 5.97 Å². The van der Waals surface area contributed by atoms with E-state index in [1.54, 1.807) is 49.6 Å². The van der Waals surface area contributed by atoms with Gasteiger partial charge in [-0.25, -0.2) is 9.79 Å². The summed E-state index contributed by atoms with van der Waals surface area (Å²) < 4.78 is 6.96. The van der Waals surface area contributed by atoms with Gasteiger partial charge in [0, 0.05) is 17.6 Å². The summed E-state index contributed by atoms with van der Waals surface area (Å²) in [5.41, 5.74) is 2.35. The minimum absolute atomic E-state index is 0.196. The number of aromatic carboxylic acids is 1. The molecule has 8 heteroatoms. The highest BCUT2D eigenvalue weighted by atomic mass is 32.2. The molecule has 1 amide bonds. The molecule has 30 heavy (non-hydrogen) atoms. The number of nitrogens with zero attached hydrogens (tertiary/aromatic N) is 2. The van der Waals surface area contributed by atoms with E-state index in [0.717, 1.165) is 11.4 Å². The predicted octanol–water partition coefficient (Wildman–Crippen LogP) is 4.08. The molecule has 7 nitrogen and oxygen atoms in total. The fourth-order valence-electron chi connectivity index (χ4n) is 2.92. The van der Waals surface area contributed by atoms with Crippen LogP contribution < -0.4 is 10.1 Å². The van der Waals surface area contributed by atoms with Crippen molar-refractivity contribution in [2.45, 2.75) is 0 Å². The van der Waals surface area contributed by atoms with Crippen molar-refractivity contribution in [2.24, 2.45) is 4.99 Å². The number of benzene rings is 2. The van der Waals surface area contributed by atoms with Crippen LogP contribution in [0.15, 0.2) is 76.8 Å². The third kappa shape index (κ3) is 4.13. The van der Waals surface area contributed by atoms with E-state index in [9.17, 15) is 14.7 Å². The number of amides is 1. The number of ether oxygens (including phenoxy) is 1. The van der Waals surface area contributed by atoms with E-state index in [1.807, 2.05) is 29.0 Å². The van der Waals surface area contributed by atoms with Crippen molar-refractivity contribution in [1.82, 2.24) is 9.88 Å². The Bertz CT molecular complexity index is 1180. The van der Waals surface area contributed by atoms with Crippen LogP contribution in [0.1, 0.15) is 16.1 Å². The van der Waals surface area contributed by atoms with Crippen LogP contribution in [0.3, 0.4) is 0 Å². The van der Waals surface area contributed by atoms with Crippen molar-refractivity contribution < 1.29 is 19.4 Å². The molecule has 0 aliphatic carbocycles. The highest BCUT2D eigenvalue weighted by Gasteiger charge is 2.24. The molecule has 1 fully saturated rings. The number of hydrogen-bond acceptors (Lipinski definition) is 5. The van der Waals surface area contributed by atoms with Gasteiger partial charge in [0.25, 0.3) is 5.91 Å². The average molecular weight is 419 g/mol. The predicted molar refractivity (Wildman–Crippen MR) is 117 cm³/mol. The van der Waals surface area contributed by atoms with Crippen LogP contribution >= 0.6 is 11.8 Å². The highest BCUT2D eigenvalue weighted by molar-refractivity contribution is 8.18. The Balaban J connectivity index is 1.59. The molecule has 0 spiro atoms. The van der Waals surface area contributed by atoms with Crippen molar-refractivity contribution in [2.75, 3.05) is 7.11 Å². The number of nitrogens with one attached hydrogen (secondary N) is 1. The number of thioether (sulfide) groups is 1. The van der Waals surface area contributed by atoms with Gasteiger partial charge in [0.15, 0.2) is 5.17 Å². The summed E-state index contributed by atoms with van der Waals surface area (Å²) in [5.74, 6) is -0.497. The van der Waals surface area contributed by atoms with E-state index in [4.69, 9.17) is 4.74 Å². The van der Waals surface area contributed by atoms with Crippen LogP contribution in [-0.4, -0.2) is 33.8 Å². The van der Waals surface area contributed by atoms with E-state index in [2.05, 4.69) is 10.3 Å². The fourth-order valence-corrected chi connectivity index (χ4v) is 3.75. The first-order chi connectivity index (χ1) is 14.5. The molecule has 0 saturated carbocycles. The molecule has 2 heterocycles. The summed E-state index contributed by atoms with van der Waals surface area (Å²) in [5, 5.41) is 12.5. The van der Waals surface area contributed by atoms with Crippen LogP contribution in [0.2, 0.25) is 0 Å². The standard InChI is InChI=1S/C22H17N3O4S/c1-29-18-9-7-15(8-10-18)23-22-24-20(26)19(30-22)13-17-6-3-11-25(17)16-5-2-4-14(12-16)21(27)28/h2-13H,1H3,(H,27,28)(H,23,24,26)/b19-13+. The number of aliphatic imine (C=N–C) groups is 1. The summed E-state index contributed by atoms with van der Waals surface area (Å²) >= 11 is 1.25. The Morgan fingerprint density at radius 2 is 1.97 bits per heavy atom. The van der Waals surface area contributed by atoms with Gasteiger partial charge in [-0.2, -0.15) is 0 Å². The Kier molecular flexibility index (Phi) is 5.40. The Morgan fingerprint density at radius 3 is 2.70 bits per heavy atom. The summed E-state index contributed by atoms with van der Waals surface area (Å²) in [6, 6.07) is 17.5. The monoisotopic (exact) mass is 419 g/mol. The normalized spacial score (nSPS) is 16.1. The second-order valence-corrected chi connectivity index (χ2v) is 7.37. The molecule has 1 aliphatic rings. The molecule has 3 aromatic rings. The van der Waals surface area contributed by atoms with Crippen molar-refractivity contribution in [3.8, 4) is 11.4 Å². The maximum absolute atomic E-state index is 12.4. The first-order valence-electron chi connectivity index (χ1n) is 8.98. The van der Waals surface area contributed by atoms with Crippen LogP contribution in [0.25, 0.3) is 11.8 Å². The van der Waals surface area contributed by atoms with Crippen molar-refractivity contribution in [1.29, 1.82) is 0 Å². The van der Waals surface area contributed by atoms with E-state index < -0.39 is 5.97 Å². The highest BCUT2D eigenvalue weighted by Crippen LogP contribution is 2.29. The first kappa shape index (κ1) is 19.5. The first-order valence-corrected chi connectivity index (χ1v) is 9.80. The quantitative estimate of drug-likeness (QED) is 0.608. The van der Waals surface area contributed by atoms with E-state index in [0.29, 0.717) is 21.4 Å². The molecule has 4 rings (SSSR count). The number of carboxylic acids is 1. The zero-order chi connectivity index (χ0) is 21.1. The zero-order valence-electron chi connectivity index (χ0n) is 15.9. The van der Waals surface area contributed by atoms with E-state index in [1.165, 1.54) is 17.8 Å². The minimum Gasteiger partial charge on any atom is -0.497 e. The van der Waals surface area contributed by atoms with Crippen LogP contribution in [0.4, 0.5) is 5.69 Å². The molecule has 1 aromatic heterocycles. The third-order valence-corrected chi connectivity index (χ3v) is 5.29. The van der Waals surface area contributed by atoms with E-state index in [-0.39, 0.29) is 11.5 Å². The number of carboxylic acid groups (broad SMARTS) is 1. The molecule has 0 bridgehead atoms. The summed E-state index contributed by atoms with van der Waals surface area (Å²) in [6.07, 6.45) is 3.57. The SMILES string of the molecule is COc1ccc(N=C2NC(=O)/C(=C\c3cccn3-c3cccc(C(=O)O)c3)S2)cc1. The third-order valence-electron chi connectivity index (χ3n) is 4.38. The lowest BCUT2D eigenvalue weighted by atomic mass is 10.2. The Morgan fingerprint density at radius 1 is 1.17 bits per heavy atom. The number of methoxy groups -OCH3 is 1. The number of carbonyl (C=O) groups excluding carboxylic acids is 1. The lowest BCUT2D eigenvalue weighted by Gasteiger charge is -2.07. The largest absolute Gasteiger partial charge is 0.497 e. The molecule has 0 unspecified atom stereocenters. The Hall–Kier alpha value is -3.78. The molecule has 1 aliphatic heterocycles. The Labute approximate surface area is 176 Å². The molecular formula is C22H17N3O4S. The van der Waals surface area contributed by atoms with Crippen molar-refractivity contribution in [3.63, 3.8) is 0 Å². The van der Waals surface area contributed by atoms with Gasteiger partial charge in [-0.1, -0.05) is 6.07 Å². The van der Waals surface area contributed by atoms with Gasteiger partial charge in [0.2, 0.25) is 0 Å². The maximum atomic E-state index is 12.4. The topological polar surface area (TPSA) is 92.9 Å². The molecule has 0 radical (unpaired) electrons. The molecular weight excluding hydrogens is 402 g/mol. The van der Waals surface area contributed by atoms with Crippen LogP contribution in [0.5, 0.6) is 5.75 Å². The van der Waals surface area contributed by atoms with Gasteiger partial charge in [0.1, 0.15) is 5.75 Å². The van der Waals surface area contributed by atoms with Crippen LogP contribution in [0, 0.1) is 0 Å². The zero-order valence-corrected chi connectivity index (χ0v) is 16.7. The molecule has 2 aromatic carbocycles. The van der Waals surface area contributed by atoms with Gasteiger partial charge < -0.3 is 19.7 Å². The lowest BCUT2D eigenvalue weighted by Crippen LogP contribution is -2.19. The number of rotatable bonds is 5. The van der Waals surface area contributed by atoms with Gasteiger partial charge in [0.05, 0.1) is 23.3 Å². The minimum atomic E-state index is -0.992. The number of amidine groups is 1. The van der Waals surface area contributed by atoms with Crippen LogP contribution in [-0.2, 0) is 4.79 Å². The average Bonchev–Trinajstić information content (AvgIpc) is 3.35. The molecule has 2 N–H and O–H groups in total. The number of aromatic nitrogens is 1. The smallest absolute Gasteiger partial charge is 0.335 e. The maximum Gasteiger partial charge on any atom is 0.335 e. The molecule has 0 atom stereocenters. The second-order valence-electron chi connectivity index (χ2n) is 6.34. The molecule has 150 valence electrons. The number of carbonyl (C=O) groups is 2. The van der Waals surface area contributed by atoms with Crippen molar-refractivity contribution >= 4 is 40.6 Å². The van der Waals surface area contributed by atoms with Crippen molar-refractivity contribution in [3.05, 3.63) is 83.0 Å². The second kappa shape index (κ2) is 8.30.